The molecule has 0 aliphatic rings. The molecule has 0 saturated carbocycles. The van der Waals surface area contributed by atoms with Crippen LogP contribution in [0.4, 0.5) is 18.9 Å². The van der Waals surface area contributed by atoms with Crippen molar-refractivity contribution in [2.24, 2.45) is 0 Å². The van der Waals surface area contributed by atoms with E-state index in [2.05, 4.69) is 0 Å². The SMILES string of the molecule is CN(C)C(=O)Cc1ccc(NS(=O)(=O)C(F)(F)F)cc1. The molecule has 0 aliphatic carbocycles. The van der Waals surface area contributed by atoms with E-state index in [-0.39, 0.29) is 18.0 Å². The van der Waals surface area contributed by atoms with Crippen molar-refractivity contribution in [1.82, 2.24) is 4.90 Å². The van der Waals surface area contributed by atoms with E-state index in [1.54, 1.807) is 14.1 Å². The fraction of sp³-hybridized carbons (Fsp3) is 0.364. The fourth-order valence-corrected chi connectivity index (χ4v) is 1.80. The number of hydrogen-bond donors (Lipinski definition) is 1. The lowest BCUT2D eigenvalue weighted by atomic mass is 10.1. The van der Waals surface area contributed by atoms with Crippen LogP contribution in [0.5, 0.6) is 0 Å². The first kappa shape index (κ1) is 16.3. The largest absolute Gasteiger partial charge is 0.516 e. The van der Waals surface area contributed by atoms with Crippen LogP contribution in [0.2, 0.25) is 0 Å². The van der Waals surface area contributed by atoms with Gasteiger partial charge in [-0.05, 0) is 17.7 Å². The number of sulfonamides is 1. The Labute approximate surface area is 114 Å². The molecule has 0 atom stereocenters. The third kappa shape index (κ3) is 4.12. The maximum Gasteiger partial charge on any atom is 0.516 e. The van der Waals surface area contributed by atoms with Gasteiger partial charge < -0.3 is 4.90 Å². The number of halogens is 3. The van der Waals surface area contributed by atoms with Crippen LogP contribution < -0.4 is 4.72 Å². The molecule has 1 N–H and O–H groups in total. The first-order valence-corrected chi connectivity index (χ1v) is 6.89. The summed E-state index contributed by atoms with van der Waals surface area (Å²) in [6, 6.07) is 5.11. The van der Waals surface area contributed by atoms with Gasteiger partial charge in [0.15, 0.2) is 0 Å². The predicted molar refractivity (Wildman–Crippen MR) is 67.4 cm³/mol. The van der Waals surface area contributed by atoms with Gasteiger partial charge in [-0.15, -0.1) is 0 Å². The van der Waals surface area contributed by atoms with Gasteiger partial charge in [0.05, 0.1) is 6.42 Å². The summed E-state index contributed by atoms with van der Waals surface area (Å²) in [4.78, 5) is 12.8. The van der Waals surface area contributed by atoms with Crippen LogP contribution in [0.1, 0.15) is 5.56 Å². The number of hydrogen-bond acceptors (Lipinski definition) is 3. The molecular weight excluding hydrogens is 297 g/mol. The standard InChI is InChI=1S/C11H13F3N2O3S/c1-16(2)10(17)7-8-3-5-9(6-4-8)15-20(18,19)11(12,13)14/h3-6,15H,7H2,1-2H3. The number of alkyl halides is 3. The zero-order valence-corrected chi connectivity index (χ0v) is 11.5. The second kappa shape index (κ2) is 5.70. The first-order chi connectivity index (χ1) is 9.03. The summed E-state index contributed by atoms with van der Waals surface area (Å²) in [6.07, 6.45) is 0.0826. The van der Waals surface area contributed by atoms with Gasteiger partial charge in [-0.2, -0.15) is 21.6 Å². The summed E-state index contributed by atoms with van der Waals surface area (Å²) in [5.74, 6) is -0.173. The molecule has 5 nitrogen and oxygen atoms in total. The van der Waals surface area contributed by atoms with Crippen LogP contribution in [0.25, 0.3) is 0 Å². The maximum absolute atomic E-state index is 12.2. The second-order valence-corrected chi connectivity index (χ2v) is 5.89. The second-order valence-electron chi connectivity index (χ2n) is 4.21. The molecule has 0 radical (unpaired) electrons. The minimum absolute atomic E-state index is 0.0826. The summed E-state index contributed by atoms with van der Waals surface area (Å²) in [5.41, 5.74) is -5.02. The average molecular weight is 310 g/mol. The van der Waals surface area contributed by atoms with Gasteiger partial charge in [-0.25, -0.2) is 0 Å². The lowest BCUT2D eigenvalue weighted by Crippen LogP contribution is -2.29. The number of likely N-dealkylation sites (N-methyl/N-ethyl adjacent to an activating group) is 1. The van der Waals surface area contributed by atoms with Crippen LogP contribution in [-0.2, 0) is 21.2 Å². The third-order valence-electron chi connectivity index (χ3n) is 2.37. The van der Waals surface area contributed by atoms with E-state index < -0.39 is 15.5 Å². The van der Waals surface area contributed by atoms with Gasteiger partial charge in [-0.1, -0.05) is 12.1 Å². The highest BCUT2D eigenvalue weighted by atomic mass is 32.2. The normalized spacial score (nSPS) is 12.1. The fourth-order valence-electron chi connectivity index (χ4n) is 1.24. The van der Waals surface area contributed by atoms with Gasteiger partial charge >= 0.3 is 15.5 Å². The van der Waals surface area contributed by atoms with E-state index >= 15 is 0 Å². The Kier molecular flexibility index (Phi) is 4.64. The highest BCUT2D eigenvalue weighted by Crippen LogP contribution is 2.25. The summed E-state index contributed by atoms with van der Waals surface area (Å²) in [5, 5.41) is 0. The molecule has 0 aromatic heterocycles. The van der Waals surface area contributed by atoms with Crippen molar-refractivity contribution in [3.63, 3.8) is 0 Å². The van der Waals surface area contributed by atoms with Crippen LogP contribution >= 0.6 is 0 Å². The van der Waals surface area contributed by atoms with E-state index in [1.165, 1.54) is 33.9 Å². The third-order valence-corrected chi connectivity index (χ3v) is 3.48. The number of amides is 1. The Morgan fingerprint density at radius 2 is 1.70 bits per heavy atom. The lowest BCUT2D eigenvalue weighted by Gasteiger charge is -2.12. The highest BCUT2D eigenvalue weighted by molar-refractivity contribution is 7.93. The van der Waals surface area contributed by atoms with E-state index in [0.29, 0.717) is 5.56 Å². The maximum atomic E-state index is 12.2. The molecule has 1 amide bonds. The van der Waals surface area contributed by atoms with Gasteiger partial charge in [0.1, 0.15) is 0 Å². The van der Waals surface area contributed by atoms with Crippen molar-refractivity contribution in [2.75, 3.05) is 18.8 Å². The molecule has 1 rings (SSSR count). The number of rotatable bonds is 4. The Morgan fingerprint density at radius 1 is 1.20 bits per heavy atom. The quantitative estimate of drug-likeness (QED) is 0.918. The van der Waals surface area contributed by atoms with Crippen LogP contribution in [-0.4, -0.2) is 38.8 Å². The van der Waals surface area contributed by atoms with Crippen LogP contribution in [0.3, 0.4) is 0 Å². The summed E-state index contributed by atoms with van der Waals surface area (Å²) < 4.78 is 59.6. The van der Waals surface area contributed by atoms with Crippen LogP contribution in [0.15, 0.2) is 24.3 Å². The summed E-state index contributed by atoms with van der Waals surface area (Å²) >= 11 is 0. The monoisotopic (exact) mass is 310 g/mol. The Balaban J connectivity index is 2.81. The lowest BCUT2D eigenvalue weighted by molar-refractivity contribution is -0.127. The van der Waals surface area contributed by atoms with Crippen molar-refractivity contribution < 1.29 is 26.4 Å². The number of nitrogens with zero attached hydrogens (tertiary/aromatic N) is 1. The molecule has 0 heterocycles. The topological polar surface area (TPSA) is 66.5 Å². The molecule has 20 heavy (non-hydrogen) atoms. The van der Waals surface area contributed by atoms with Crippen molar-refractivity contribution in [3.05, 3.63) is 29.8 Å². The summed E-state index contributed by atoms with van der Waals surface area (Å²) in [6.45, 7) is 0. The highest BCUT2D eigenvalue weighted by Gasteiger charge is 2.45. The van der Waals surface area contributed by atoms with Gasteiger partial charge in [0, 0.05) is 19.8 Å². The van der Waals surface area contributed by atoms with Crippen molar-refractivity contribution in [1.29, 1.82) is 0 Å². The van der Waals surface area contributed by atoms with E-state index in [4.69, 9.17) is 0 Å². The average Bonchev–Trinajstić information content (AvgIpc) is 2.29. The minimum Gasteiger partial charge on any atom is -0.349 e. The Bertz CT molecular complexity index is 580. The van der Waals surface area contributed by atoms with Crippen molar-refractivity contribution >= 4 is 21.6 Å². The van der Waals surface area contributed by atoms with Crippen molar-refractivity contribution in [2.45, 2.75) is 11.9 Å². The van der Waals surface area contributed by atoms with E-state index in [9.17, 15) is 26.4 Å². The van der Waals surface area contributed by atoms with Gasteiger partial charge in [0.25, 0.3) is 0 Å². The molecule has 0 spiro atoms. The Morgan fingerprint density at radius 3 is 2.10 bits per heavy atom. The molecule has 1 aromatic carbocycles. The van der Waals surface area contributed by atoms with Crippen LogP contribution in [0, 0.1) is 0 Å². The number of carbonyl (C=O) groups excluding carboxylic acids is 1. The molecule has 0 unspecified atom stereocenters. The molecule has 0 saturated heterocycles. The van der Waals surface area contributed by atoms with Gasteiger partial charge in [0.2, 0.25) is 5.91 Å². The zero-order chi connectivity index (χ0) is 15.6. The first-order valence-electron chi connectivity index (χ1n) is 5.41. The number of benzene rings is 1. The molecular formula is C11H13F3N2O3S. The molecule has 1 aromatic rings. The molecule has 112 valence electrons. The number of carbonyl (C=O) groups is 1. The van der Waals surface area contributed by atoms with Crippen molar-refractivity contribution in [3.8, 4) is 0 Å². The Hall–Kier alpha value is -1.77. The smallest absolute Gasteiger partial charge is 0.349 e. The number of nitrogens with one attached hydrogen (secondary N) is 1. The summed E-state index contributed by atoms with van der Waals surface area (Å²) in [7, 11) is -2.27. The molecule has 0 aliphatic heterocycles. The number of anilines is 1. The molecule has 9 heteroatoms. The minimum atomic E-state index is -5.43. The van der Waals surface area contributed by atoms with E-state index in [1.807, 2.05) is 0 Å². The molecule has 0 bridgehead atoms. The molecule has 0 fully saturated rings. The van der Waals surface area contributed by atoms with E-state index in [0.717, 1.165) is 0 Å². The predicted octanol–water partition coefficient (Wildman–Crippen LogP) is 1.58. The zero-order valence-electron chi connectivity index (χ0n) is 10.7. The van der Waals surface area contributed by atoms with Gasteiger partial charge in [-0.3, -0.25) is 9.52 Å².